The van der Waals surface area contributed by atoms with Gasteiger partial charge in [-0.15, -0.1) is 0 Å². The summed E-state index contributed by atoms with van der Waals surface area (Å²) in [6, 6.07) is 8.25. The van der Waals surface area contributed by atoms with Gasteiger partial charge in [0.2, 0.25) is 0 Å². The predicted molar refractivity (Wildman–Crippen MR) is 117 cm³/mol. The molecule has 27 heavy (non-hydrogen) atoms. The molecule has 0 heterocycles. The van der Waals surface area contributed by atoms with Gasteiger partial charge in [-0.2, -0.15) is 0 Å². The molecule has 0 atom stereocenters. The van der Waals surface area contributed by atoms with E-state index < -0.39 is 0 Å². The summed E-state index contributed by atoms with van der Waals surface area (Å²) in [5, 5.41) is 0. The Morgan fingerprint density at radius 3 is 2.11 bits per heavy atom. The maximum Gasteiger partial charge on any atom is 0.119 e. The molecule has 1 heteroatoms. The first-order valence-corrected chi connectivity index (χ1v) is 10.9. The smallest absolute Gasteiger partial charge is 0.119 e. The molecule has 0 spiro atoms. The zero-order valence-corrected chi connectivity index (χ0v) is 17.0. The van der Waals surface area contributed by atoms with Crippen molar-refractivity contribution in [3.05, 3.63) is 61.2 Å². The quantitative estimate of drug-likeness (QED) is 0.360. The van der Waals surface area contributed by atoms with Gasteiger partial charge in [0, 0.05) is 0 Å². The maximum atomic E-state index is 6.07. The Morgan fingerprint density at radius 2 is 1.56 bits per heavy atom. The van der Waals surface area contributed by atoms with Gasteiger partial charge in [-0.3, -0.25) is 0 Å². The summed E-state index contributed by atoms with van der Waals surface area (Å²) in [6.45, 7) is 10.8. The number of allylic oxidation sites excluding steroid dienone is 4. The summed E-state index contributed by atoms with van der Waals surface area (Å²) in [5.41, 5.74) is 2.07. The molecule has 0 saturated heterocycles. The highest BCUT2D eigenvalue weighted by Crippen LogP contribution is 2.41. The van der Waals surface area contributed by atoms with Gasteiger partial charge >= 0.3 is 0 Å². The van der Waals surface area contributed by atoms with Crippen LogP contribution in [-0.4, -0.2) is 6.61 Å². The first-order chi connectivity index (χ1) is 13.2. The highest BCUT2D eigenvalue weighted by Gasteiger charge is 2.30. The van der Waals surface area contributed by atoms with Crippen molar-refractivity contribution in [2.45, 2.75) is 58.3 Å². The zero-order valence-electron chi connectivity index (χ0n) is 17.0. The minimum atomic E-state index is 0.725. The standard InChI is InChI=1S/C26H36O/c1-4-6-21-7-11-24(12-8-21)25-13-9-22(10-14-25)19-27-26-17-15-23(16-18-26)20(3)5-2/h4-6,15-18,21-22,24-25H,2-3,7-14,19H2,1H3/b6-4+. The van der Waals surface area contributed by atoms with E-state index >= 15 is 0 Å². The normalized spacial score (nSPS) is 28.8. The monoisotopic (exact) mass is 364 g/mol. The van der Waals surface area contributed by atoms with Crippen LogP contribution in [0, 0.1) is 23.7 Å². The van der Waals surface area contributed by atoms with E-state index in [9.17, 15) is 0 Å². The molecule has 1 aromatic rings. The second-order valence-electron chi connectivity index (χ2n) is 8.55. The zero-order chi connectivity index (χ0) is 19.1. The van der Waals surface area contributed by atoms with Crippen molar-refractivity contribution in [2.24, 2.45) is 23.7 Å². The lowest BCUT2D eigenvalue weighted by Crippen LogP contribution is -2.27. The van der Waals surface area contributed by atoms with E-state index in [-0.39, 0.29) is 0 Å². The Balaban J connectivity index is 1.38. The van der Waals surface area contributed by atoms with Crippen LogP contribution in [0.1, 0.15) is 63.9 Å². The number of hydrogen-bond acceptors (Lipinski definition) is 1. The van der Waals surface area contributed by atoms with Crippen molar-refractivity contribution in [2.75, 3.05) is 6.61 Å². The lowest BCUT2D eigenvalue weighted by Gasteiger charge is -2.37. The Kier molecular flexibility index (Phi) is 7.38. The van der Waals surface area contributed by atoms with Crippen molar-refractivity contribution in [3.63, 3.8) is 0 Å². The number of benzene rings is 1. The molecule has 2 fully saturated rings. The molecule has 0 N–H and O–H groups in total. The second-order valence-corrected chi connectivity index (χ2v) is 8.55. The minimum Gasteiger partial charge on any atom is -0.493 e. The molecule has 0 amide bonds. The van der Waals surface area contributed by atoms with Gasteiger partial charge in [-0.25, -0.2) is 0 Å². The van der Waals surface area contributed by atoms with E-state index in [2.05, 4.69) is 56.5 Å². The molecule has 2 aliphatic rings. The molecule has 0 unspecified atom stereocenters. The minimum absolute atomic E-state index is 0.725. The van der Waals surface area contributed by atoms with E-state index in [0.717, 1.165) is 47.2 Å². The summed E-state index contributed by atoms with van der Waals surface area (Å²) in [4.78, 5) is 0. The summed E-state index contributed by atoms with van der Waals surface area (Å²) >= 11 is 0. The van der Waals surface area contributed by atoms with Crippen LogP contribution in [0.5, 0.6) is 5.75 Å². The Morgan fingerprint density at radius 1 is 0.963 bits per heavy atom. The van der Waals surface area contributed by atoms with Crippen molar-refractivity contribution in [3.8, 4) is 5.75 Å². The molecular weight excluding hydrogens is 328 g/mol. The van der Waals surface area contributed by atoms with E-state index in [0.29, 0.717) is 0 Å². The molecule has 146 valence electrons. The summed E-state index contributed by atoms with van der Waals surface area (Å²) in [5.74, 6) is 4.50. The second kappa shape index (κ2) is 9.97. The molecule has 2 saturated carbocycles. The first kappa shape index (κ1) is 20.0. The number of rotatable bonds is 7. The van der Waals surface area contributed by atoms with Crippen molar-refractivity contribution < 1.29 is 4.74 Å². The highest BCUT2D eigenvalue weighted by molar-refractivity contribution is 5.71. The van der Waals surface area contributed by atoms with Crippen LogP contribution in [0.15, 0.2) is 55.7 Å². The van der Waals surface area contributed by atoms with Gasteiger partial charge < -0.3 is 4.74 Å². The third kappa shape index (κ3) is 5.61. The average Bonchev–Trinajstić information content (AvgIpc) is 2.73. The Labute approximate surface area is 166 Å². The predicted octanol–water partition coefficient (Wildman–Crippen LogP) is 7.45. The average molecular weight is 365 g/mol. The topological polar surface area (TPSA) is 9.23 Å². The van der Waals surface area contributed by atoms with Crippen LogP contribution in [0.4, 0.5) is 0 Å². The molecule has 2 aliphatic carbocycles. The van der Waals surface area contributed by atoms with E-state index in [1.54, 1.807) is 6.08 Å². The van der Waals surface area contributed by atoms with Gasteiger partial charge in [-0.1, -0.05) is 43.5 Å². The third-order valence-corrected chi connectivity index (χ3v) is 6.80. The van der Waals surface area contributed by atoms with Gasteiger partial charge in [0.15, 0.2) is 0 Å². The maximum absolute atomic E-state index is 6.07. The Hall–Kier alpha value is -1.76. The van der Waals surface area contributed by atoms with Crippen LogP contribution in [-0.2, 0) is 0 Å². The number of ether oxygens (including phenoxy) is 1. The molecule has 0 radical (unpaired) electrons. The van der Waals surface area contributed by atoms with Crippen LogP contribution < -0.4 is 4.74 Å². The van der Waals surface area contributed by atoms with Gasteiger partial charge in [0.05, 0.1) is 6.61 Å². The highest BCUT2D eigenvalue weighted by atomic mass is 16.5. The van der Waals surface area contributed by atoms with Crippen molar-refractivity contribution in [1.29, 1.82) is 0 Å². The van der Waals surface area contributed by atoms with E-state index in [1.165, 1.54) is 51.4 Å². The van der Waals surface area contributed by atoms with Gasteiger partial charge in [-0.05, 0) is 105 Å². The first-order valence-electron chi connectivity index (χ1n) is 10.9. The van der Waals surface area contributed by atoms with Gasteiger partial charge in [0.25, 0.3) is 0 Å². The third-order valence-electron chi connectivity index (χ3n) is 6.80. The van der Waals surface area contributed by atoms with Crippen LogP contribution in [0.2, 0.25) is 0 Å². The molecule has 3 rings (SSSR count). The fourth-order valence-corrected chi connectivity index (χ4v) is 5.00. The van der Waals surface area contributed by atoms with Crippen LogP contribution >= 0.6 is 0 Å². The summed E-state index contributed by atoms with van der Waals surface area (Å²) < 4.78 is 6.07. The van der Waals surface area contributed by atoms with E-state index in [4.69, 9.17) is 4.74 Å². The molecule has 0 bridgehead atoms. The van der Waals surface area contributed by atoms with Crippen molar-refractivity contribution in [1.82, 2.24) is 0 Å². The fraction of sp³-hybridized carbons (Fsp3) is 0.538. The lowest BCUT2D eigenvalue weighted by atomic mass is 9.69. The molecule has 0 aromatic heterocycles. The van der Waals surface area contributed by atoms with E-state index in [1.807, 2.05) is 0 Å². The summed E-state index contributed by atoms with van der Waals surface area (Å²) in [6.07, 6.45) is 17.7. The SMILES string of the molecule is C=CC(=C)c1ccc(OCC2CCC(C3CCC(/C=C/C)CC3)CC2)cc1. The Bertz CT molecular complexity index is 623. The molecule has 1 aromatic carbocycles. The van der Waals surface area contributed by atoms with Crippen molar-refractivity contribution >= 4 is 5.57 Å². The fourth-order valence-electron chi connectivity index (χ4n) is 5.00. The largest absolute Gasteiger partial charge is 0.493 e. The lowest BCUT2D eigenvalue weighted by molar-refractivity contribution is 0.129. The molecular formula is C26H36O. The van der Waals surface area contributed by atoms with Gasteiger partial charge in [0.1, 0.15) is 5.75 Å². The number of hydrogen-bond donors (Lipinski definition) is 0. The van der Waals surface area contributed by atoms with Crippen LogP contribution in [0.25, 0.3) is 5.57 Å². The molecule has 0 aliphatic heterocycles. The van der Waals surface area contributed by atoms with Crippen LogP contribution in [0.3, 0.4) is 0 Å². The summed E-state index contributed by atoms with van der Waals surface area (Å²) in [7, 11) is 0. The molecule has 1 nitrogen and oxygen atoms in total.